The van der Waals surface area contributed by atoms with Crippen molar-refractivity contribution in [3.8, 4) is 0 Å². The van der Waals surface area contributed by atoms with Crippen molar-refractivity contribution in [2.75, 3.05) is 6.54 Å². The molecule has 1 aromatic rings. The highest BCUT2D eigenvalue weighted by molar-refractivity contribution is 5.90. The van der Waals surface area contributed by atoms with Gasteiger partial charge in [-0.3, -0.25) is 14.7 Å². The van der Waals surface area contributed by atoms with Gasteiger partial charge in [-0.15, -0.1) is 5.10 Å². The lowest BCUT2D eigenvalue weighted by Gasteiger charge is -2.00. The number of H-pyrrole nitrogens is 1. The quantitative estimate of drug-likeness (QED) is 0.569. The highest BCUT2D eigenvalue weighted by Crippen LogP contribution is 1.96. The van der Waals surface area contributed by atoms with E-state index in [4.69, 9.17) is 5.73 Å². The number of amides is 2. The number of aromatic amines is 1. The number of nitrogens with two attached hydrogens (primary N) is 1. The summed E-state index contributed by atoms with van der Waals surface area (Å²) in [6.45, 7) is 2.41. The third-order valence-electron chi connectivity index (χ3n) is 2.11. The van der Waals surface area contributed by atoms with Crippen LogP contribution in [0.15, 0.2) is 0 Å². The van der Waals surface area contributed by atoms with Crippen molar-refractivity contribution >= 4 is 11.8 Å². The zero-order valence-corrected chi connectivity index (χ0v) is 9.82. The Morgan fingerprint density at radius 2 is 2.24 bits per heavy atom. The second-order valence-corrected chi connectivity index (χ2v) is 3.68. The average molecular weight is 239 g/mol. The fourth-order valence-corrected chi connectivity index (χ4v) is 1.29. The van der Waals surface area contributed by atoms with E-state index in [1.165, 1.54) is 0 Å². The summed E-state index contributed by atoms with van der Waals surface area (Å²) in [5, 5.41) is 9.13. The summed E-state index contributed by atoms with van der Waals surface area (Å²) >= 11 is 0. The van der Waals surface area contributed by atoms with Gasteiger partial charge in [-0.1, -0.05) is 6.92 Å². The first-order chi connectivity index (χ1) is 8.13. The van der Waals surface area contributed by atoms with E-state index in [0.717, 1.165) is 12.8 Å². The number of nitrogens with one attached hydrogen (secondary N) is 2. The lowest BCUT2D eigenvalue weighted by Crippen LogP contribution is -2.26. The van der Waals surface area contributed by atoms with Crippen LogP contribution in [0.25, 0.3) is 0 Å². The molecule has 0 saturated carbocycles. The van der Waals surface area contributed by atoms with Crippen molar-refractivity contribution in [3.63, 3.8) is 0 Å². The lowest BCUT2D eigenvalue weighted by atomic mass is 10.3. The Kier molecular flexibility index (Phi) is 5.12. The van der Waals surface area contributed by atoms with Gasteiger partial charge in [0, 0.05) is 19.4 Å². The van der Waals surface area contributed by atoms with Crippen LogP contribution in [0.4, 0.5) is 0 Å². The second-order valence-electron chi connectivity index (χ2n) is 3.68. The van der Waals surface area contributed by atoms with Crippen LogP contribution in [-0.4, -0.2) is 33.5 Å². The average Bonchev–Trinajstić information content (AvgIpc) is 2.73. The maximum absolute atomic E-state index is 11.5. The fraction of sp³-hybridized carbons (Fsp3) is 0.600. The molecule has 1 aromatic heterocycles. The van der Waals surface area contributed by atoms with Crippen LogP contribution in [0.3, 0.4) is 0 Å². The van der Waals surface area contributed by atoms with Gasteiger partial charge >= 0.3 is 0 Å². The summed E-state index contributed by atoms with van der Waals surface area (Å²) in [6.07, 6.45) is 2.49. The number of aromatic nitrogens is 3. The normalized spacial score (nSPS) is 10.2. The molecule has 0 spiro atoms. The third-order valence-corrected chi connectivity index (χ3v) is 2.11. The van der Waals surface area contributed by atoms with E-state index >= 15 is 0 Å². The third kappa shape index (κ3) is 4.62. The molecule has 94 valence electrons. The van der Waals surface area contributed by atoms with Gasteiger partial charge in [0.1, 0.15) is 5.82 Å². The maximum atomic E-state index is 11.5. The van der Waals surface area contributed by atoms with E-state index < -0.39 is 0 Å². The highest BCUT2D eigenvalue weighted by Gasteiger charge is 2.11. The summed E-state index contributed by atoms with van der Waals surface area (Å²) in [5.41, 5.74) is 4.98. The standard InChI is InChI=1S/C10H17N5O2/c1-2-4-8-13-9(15-14-8)10(17)12-6-3-5-7(11)16/h2-6H2,1H3,(H2,11,16)(H,12,17)(H,13,14,15). The number of hydrogen-bond acceptors (Lipinski definition) is 4. The SMILES string of the molecule is CCCc1nc(C(=O)NCCCC(N)=O)n[nH]1. The molecular weight excluding hydrogens is 222 g/mol. The summed E-state index contributed by atoms with van der Waals surface area (Å²) in [4.78, 5) is 26.0. The predicted octanol–water partition coefficient (Wildman–Crippen LogP) is -0.247. The van der Waals surface area contributed by atoms with Crippen LogP contribution in [0.5, 0.6) is 0 Å². The fourth-order valence-electron chi connectivity index (χ4n) is 1.29. The van der Waals surface area contributed by atoms with Gasteiger partial charge in [0.25, 0.3) is 5.91 Å². The largest absolute Gasteiger partial charge is 0.370 e. The zero-order chi connectivity index (χ0) is 12.7. The first-order valence-electron chi connectivity index (χ1n) is 5.61. The summed E-state index contributed by atoms with van der Waals surface area (Å²) in [6, 6.07) is 0. The van der Waals surface area contributed by atoms with Gasteiger partial charge < -0.3 is 11.1 Å². The van der Waals surface area contributed by atoms with E-state index in [0.29, 0.717) is 18.8 Å². The molecule has 7 heteroatoms. The van der Waals surface area contributed by atoms with Gasteiger partial charge in [-0.2, -0.15) is 0 Å². The Morgan fingerprint density at radius 3 is 2.88 bits per heavy atom. The van der Waals surface area contributed by atoms with Crippen molar-refractivity contribution in [2.45, 2.75) is 32.6 Å². The topological polar surface area (TPSA) is 114 Å². The molecule has 7 nitrogen and oxygen atoms in total. The molecule has 0 fully saturated rings. The molecule has 2 amide bonds. The predicted molar refractivity (Wildman–Crippen MR) is 61.1 cm³/mol. The minimum absolute atomic E-state index is 0.132. The molecule has 4 N–H and O–H groups in total. The van der Waals surface area contributed by atoms with Crippen LogP contribution in [-0.2, 0) is 11.2 Å². The van der Waals surface area contributed by atoms with Crippen molar-refractivity contribution in [1.29, 1.82) is 0 Å². The van der Waals surface area contributed by atoms with E-state index in [-0.39, 0.29) is 24.1 Å². The summed E-state index contributed by atoms with van der Waals surface area (Å²) in [7, 11) is 0. The Morgan fingerprint density at radius 1 is 1.47 bits per heavy atom. The van der Waals surface area contributed by atoms with Gasteiger partial charge in [-0.25, -0.2) is 4.98 Å². The first-order valence-corrected chi connectivity index (χ1v) is 5.61. The molecule has 1 rings (SSSR count). The van der Waals surface area contributed by atoms with Crippen LogP contribution in [0, 0.1) is 0 Å². The molecular formula is C10H17N5O2. The monoisotopic (exact) mass is 239 g/mol. The first kappa shape index (κ1) is 13.1. The molecule has 0 aliphatic carbocycles. The van der Waals surface area contributed by atoms with Crippen molar-refractivity contribution in [3.05, 3.63) is 11.6 Å². The highest BCUT2D eigenvalue weighted by atomic mass is 16.2. The summed E-state index contributed by atoms with van der Waals surface area (Å²) in [5.74, 6) is 0.123. The molecule has 1 heterocycles. The number of carbonyl (C=O) groups is 2. The molecule has 0 aliphatic heterocycles. The van der Waals surface area contributed by atoms with Gasteiger partial charge in [0.2, 0.25) is 11.7 Å². The number of primary amides is 1. The number of nitrogens with zero attached hydrogens (tertiary/aromatic N) is 2. The van der Waals surface area contributed by atoms with Crippen molar-refractivity contribution < 1.29 is 9.59 Å². The molecule has 0 aliphatic rings. The minimum atomic E-state index is -0.373. The molecule has 0 saturated heterocycles. The van der Waals surface area contributed by atoms with E-state index in [2.05, 4.69) is 20.5 Å². The summed E-state index contributed by atoms with van der Waals surface area (Å²) < 4.78 is 0. The number of aryl methyl sites for hydroxylation is 1. The number of carbonyl (C=O) groups excluding carboxylic acids is 2. The number of rotatable bonds is 7. The van der Waals surface area contributed by atoms with Crippen LogP contribution < -0.4 is 11.1 Å². The smallest absolute Gasteiger partial charge is 0.290 e. The Balaban J connectivity index is 2.33. The van der Waals surface area contributed by atoms with Crippen LogP contribution >= 0.6 is 0 Å². The Labute approximate surface area is 99.2 Å². The second kappa shape index (κ2) is 6.62. The lowest BCUT2D eigenvalue weighted by molar-refractivity contribution is -0.118. The molecule has 0 bridgehead atoms. The van der Waals surface area contributed by atoms with Crippen LogP contribution in [0.1, 0.15) is 42.6 Å². The van der Waals surface area contributed by atoms with Crippen molar-refractivity contribution in [1.82, 2.24) is 20.5 Å². The molecule has 0 atom stereocenters. The molecule has 0 aromatic carbocycles. The molecule has 0 unspecified atom stereocenters. The van der Waals surface area contributed by atoms with Gasteiger partial charge in [0.05, 0.1) is 0 Å². The van der Waals surface area contributed by atoms with E-state index in [1.807, 2.05) is 6.92 Å². The Bertz CT molecular complexity index is 388. The maximum Gasteiger partial charge on any atom is 0.290 e. The van der Waals surface area contributed by atoms with Crippen molar-refractivity contribution in [2.24, 2.45) is 5.73 Å². The van der Waals surface area contributed by atoms with Gasteiger partial charge in [-0.05, 0) is 12.8 Å². The molecule has 17 heavy (non-hydrogen) atoms. The van der Waals surface area contributed by atoms with Crippen LogP contribution in [0.2, 0.25) is 0 Å². The van der Waals surface area contributed by atoms with E-state index in [9.17, 15) is 9.59 Å². The zero-order valence-electron chi connectivity index (χ0n) is 9.82. The minimum Gasteiger partial charge on any atom is -0.370 e. The number of hydrogen-bond donors (Lipinski definition) is 3. The Hall–Kier alpha value is -1.92. The van der Waals surface area contributed by atoms with E-state index in [1.54, 1.807) is 0 Å². The molecule has 0 radical (unpaired) electrons. The van der Waals surface area contributed by atoms with Gasteiger partial charge in [0.15, 0.2) is 0 Å².